The van der Waals surface area contributed by atoms with Crippen LogP contribution in [0.25, 0.3) is 0 Å². The van der Waals surface area contributed by atoms with Gasteiger partial charge in [-0.05, 0) is 54.4 Å². The number of carbonyl (C=O) groups excluding carboxylic acids is 3. The van der Waals surface area contributed by atoms with Crippen molar-refractivity contribution in [2.75, 3.05) is 16.4 Å². The van der Waals surface area contributed by atoms with Crippen LogP contribution in [0.4, 0.5) is 11.4 Å². The molecule has 10 heteroatoms. The lowest BCUT2D eigenvalue weighted by molar-refractivity contribution is -0.268. The Bertz CT molecular complexity index is 1380. The SMILES string of the molecule is CC(=O)Nc1ccc(SC[C@@H]2O[C@H](c3cccc(NC(=O)[C@H](C)OC(C)=O)c3)O[C@H](c3ccc(CO)cc3)[C@@H]2C)cc1. The molecule has 1 saturated heterocycles. The smallest absolute Gasteiger partial charge is 0.303 e. The molecule has 42 heavy (non-hydrogen) atoms. The predicted molar refractivity (Wildman–Crippen MR) is 161 cm³/mol. The average Bonchev–Trinajstić information content (AvgIpc) is 2.97. The van der Waals surface area contributed by atoms with Crippen LogP contribution >= 0.6 is 11.8 Å². The molecule has 0 aromatic heterocycles. The zero-order chi connectivity index (χ0) is 30.2. The van der Waals surface area contributed by atoms with Crippen molar-refractivity contribution in [1.82, 2.24) is 0 Å². The van der Waals surface area contributed by atoms with E-state index in [2.05, 4.69) is 17.6 Å². The van der Waals surface area contributed by atoms with Crippen LogP contribution in [-0.4, -0.2) is 40.9 Å². The number of ether oxygens (including phenoxy) is 3. The van der Waals surface area contributed by atoms with Gasteiger partial charge in [0.05, 0.1) is 18.8 Å². The van der Waals surface area contributed by atoms with Crippen molar-refractivity contribution in [3.05, 3.63) is 89.5 Å². The minimum atomic E-state index is -0.936. The van der Waals surface area contributed by atoms with Crippen LogP contribution in [-0.2, 0) is 35.2 Å². The largest absolute Gasteiger partial charge is 0.453 e. The van der Waals surface area contributed by atoms with Gasteiger partial charge in [-0.15, -0.1) is 11.8 Å². The predicted octanol–water partition coefficient (Wildman–Crippen LogP) is 5.61. The highest BCUT2D eigenvalue weighted by Gasteiger charge is 2.38. The van der Waals surface area contributed by atoms with Gasteiger partial charge in [0.15, 0.2) is 12.4 Å². The van der Waals surface area contributed by atoms with Crippen LogP contribution in [0.2, 0.25) is 0 Å². The molecule has 0 spiro atoms. The van der Waals surface area contributed by atoms with Gasteiger partial charge in [-0.2, -0.15) is 0 Å². The first-order valence-electron chi connectivity index (χ1n) is 13.7. The summed E-state index contributed by atoms with van der Waals surface area (Å²) < 4.78 is 18.0. The van der Waals surface area contributed by atoms with Gasteiger partial charge in [-0.3, -0.25) is 14.4 Å². The molecule has 0 unspecified atom stereocenters. The quantitative estimate of drug-likeness (QED) is 0.205. The number of anilines is 2. The van der Waals surface area contributed by atoms with E-state index in [1.807, 2.05) is 54.6 Å². The van der Waals surface area contributed by atoms with E-state index in [1.54, 1.807) is 30.0 Å². The Morgan fingerprint density at radius 3 is 2.29 bits per heavy atom. The third-order valence-electron chi connectivity index (χ3n) is 6.85. The maximum Gasteiger partial charge on any atom is 0.303 e. The van der Waals surface area contributed by atoms with Gasteiger partial charge < -0.3 is 30.0 Å². The van der Waals surface area contributed by atoms with Gasteiger partial charge in [0, 0.05) is 47.4 Å². The first kappa shape index (κ1) is 31.2. The summed E-state index contributed by atoms with van der Waals surface area (Å²) in [7, 11) is 0. The van der Waals surface area contributed by atoms with Crippen LogP contribution in [0.1, 0.15) is 56.8 Å². The number of hydrogen-bond acceptors (Lipinski definition) is 8. The minimum absolute atomic E-state index is 0.000145. The average molecular weight is 593 g/mol. The number of nitrogens with one attached hydrogen (secondary N) is 2. The lowest BCUT2D eigenvalue weighted by atomic mass is 9.91. The monoisotopic (exact) mass is 592 g/mol. The van der Waals surface area contributed by atoms with Crippen LogP contribution in [0.15, 0.2) is 77.7 Å². The van der Waals surface area contributed by atoms with Crippen molar-refractivity contribution < 1.29 is 33.7 Å². The normalized spacial score (nSPS) is 20.8. The molecule has 0 radical (unpaired) electrons. The molecule has 2 amide bonds. The van der Waals surface area contributed by atoms with E-state index in [0.29, 0.717) is 11.4 Å². The van der Waals surface area contributed by atoms with E-state index in [4.69, 9.17) is 14.2 Å². The number of esters is 1. The minimum Gasteiger partial charge on any atom is -0.453 e. The molecule has 9 nitrogen and oxygen atoms in total. The summed E-state index contributed by atoms with van der Waals surface area (Å²) in [6, 6.07) is 22.6. The number of carbonyl (C=O) groups is 3. The summed E-state index contributed by atoms with van der Waals surface area (Å²) in [5, 5.41) is 15.1. The number of amides is 2. The number of rotatable bonds is 10. The molecule has 3 aromatic rings. The second-order valence-corrected chi connectivity index (χ2v) is 11.3. The fourth-order valence-corrected chi connectivity index (χ4v) is 5.70. The molecule has 0 aliphatic carbocycles. The molecule has 3 N–H and O–H groups in total. The highest BCUT2D eigenvalue weighted by molar-refractivity contribution is 7.99. The number of aliphatic hydroxyl groups excluding tert-OH is 1. The first-order valence-corrected chi connectivity index (χ1v) is 14.7. The van der Waals surface area contributed by atoms with E-state index < -0.39 is 24.3 Å². The molecule has 0 saturated carbocycles. The molecule has 5 atom stereocenters. The zero-order valence-corrected chi connectivity index (χ0v) is 24.9. The van der Waals surface area contributed by atoms with E-state index in [9.17, 15) is 19.5 Å². The molecular weight excluding hydrogens is 556 g/mol. The lowest BCUT2D eigenvalue weighted by Gasteiger charge is -2.41. The van der Waals surface area contributed by atoms with Crippen LogP contribution in [0.5, 0.6) is 0 Å². The Morgan fingerprint density at radius 1 is 0.929 bits per heavy atom. The van der Waals surface area contributed by atoms with Crippen molar-refractivity contribution in [1.29, 1.82) is 0 Å². The molecular formula is C32H36N2O7S. The van der Waals surface area contributed by atoms with E-state index >= 15 is 0 Å². The summed E-state index contributed by atoms with van der Waals surface area (Å²) >= 11 is 1.65. The second kappa shape index (κ2) is 14.5. The van der Waals surface area contributed by atoms with Crippen molar-refractivity contribution in [3.8, 4) is 0 Å². The fourth-order valence-electron chi connectivity index (χ4n) is 4.64. The van der Waals surface area contributed by atoms with E-state index in [-0.39, 0.29) is 30.6 Å². The van der Waals surface area contributed by atoms with Gasteiger partial charge in [-0.25, -0.2) is 0 Å². The molecule has 1 aliphatic rings. The molecule has 1 aliphatic heterocycles. The van der Waals surface area contributed by atoms with Gasteiger partial charge in [0.25, 0.3) is 5.91 Å². The molecule has 3 aromatic carbocycles. The van der Waals surface area contributed by atoms with Crippen LogP contribution in [0.3, 0.4) is 0 Å². The van der Waals surface area contributed by atoms with E-state index in [0.717, 1.165) is 27.3 Å². The van der Waals surface area contributed by atoms with Gasteiger partial charge in [0.2, 0.25) is 5.91 Å². The summed E-state index contributed by atoms with van der Waals surface area (Å²) in [6.45, 7) is 6.30. The van der Waals surface area contributed by atoms with Gasteiger partial charge in [-0.1, -0.05) is 43.3 Å². The van der Waals surface area contributed by atoms with Crippen molar-refractivity contribution in [2.24, 2.45) is 5.92 Å². The zero-order valence-electron chi connectivity index (χ0n) is 24.0. The molecule has 1 heterocycles. The first-order chi connectivity index (χ1) is 20.1. The fraction of sp³-hybridized carbons (Fsp3) is 0.344. The summed E-state index contributed by atoms with van der Waals surface area (Å²) in [6.07, 6.45) is -2.12. The topological polar surface area (TPSA) is 123 Å². The Balaban J connectivity index is 1.54. The number of thioether (sulfide) groups is 1. The second-order valence-electron chi connectivity index (χ2n) is 10.2. The molecule has 0 bridgehead atoms. The standard InChI is InChI=1S/C32H36N2O7S/c1-19-29(18-42-28-14-12-26(13-15-28)33-21(3)36)40-32(41-30(19)24-10-8-23(17-35)9-11-24)25-6-5-7-27(16-25)34-31(38)20(2)39-22(4)37/h5-16,19-20,29-30,32,35H,17-18H2,1-4H3,(H,33,36)(H,34,38)/t19-,20+,29+,30+,32+/m1/s1. The van der Waals surface area contributed by atoms with Gasteiger partial charge in [0.1, 0.15) is 0 Å². The maximum absolute atomic E-state index is 12.5. The van der Waals surface area contributed by atoms with Gasteiger partial charge >= 0.3 is 5.97 Å². The highest BCUT2D eigenvalue weighted by Crippen LogP contribution is 2.43. The lowest BCUT2D eigenvalue weighted by Crippen LogP contribution is -2.38. The highest BCUT2D eigenvalue weighted by atomic mass is 32.2. The molecule has 222 valence electrons. The number of aliphatic hydroxyl groups is 1. The Hall–Kier alpha value is -3.70. The third kappa shape index (κ3) is 8.42. The Kier molecular flexibility index (Phi) is 10.8. The van der Waals surface area contributed by atoms with Crippen LogP contribution < -0.4 is 10.6 Å². The van der Waals surface area contributed by atoms with Crippen molar-refractivity contribution >= 4 is 40.9 Å². The molecule has 4 rings (SSSR count). The van der Waals surface area contributed by atoms with Crippen molar-refractivity contribution in [3.63, 3.8) is 0 Å². The summed E-state index contributed by atoms with van der Waals surface area (Å²) in [4.78, 5) is 36.2. The summed E-state index contributed by atoms with van der Waals surface area (Å²) in [5.41, 5.74) is 3.78. The number of benzene rings is 3. The summed E-state index contributed by atoms with van der Waals surface area (Å²) in [5.74, 6) is -0.439. The molecule has 1 fully saturated rings. The Labute approximate surface area is 249 Å². The number of hydrogen-bond donors (Lipinski definition) is 3. The van der Waals surface area contributed by atoms with E-state index in [1.165, 1.54) is 20.8 Å². The van der Waals surface area contributed by atoms with Crippen LogP contribution in [0, 0.1) is 5.92 Å². The Morgan fingerprint density at radius 2 is 1.64 bits per heavy atom. The third-order valence-corrected chi connectivity index (χ3v) is 7.95. The maximum atomic E-state index is 12.5. The van der Waals surface area contributed by atoms with Crippen molar-refractivity contribution in [2.45, 2.75) is 63.8 Å².